The van der Waals surface area contributed by atoms with E-state index in [1.54, 1.807) is 38.1 Å². The Kier molecular flexibility index (Phi) is 3.11. The molecular formula is C13H11N3O2. The van der Waals surface area contributed by atoms with E-state index in [1.165, 1.54) is 0 Å². The van der Waals surface area contributed by atoms with E-state index in [1.807, 2.05) is 6.07 Å². The summed E-state index contributed by atoms with van der Waals surface area (Å²) in [5.74, 6) is 0.197. The number of para-hydroxylation sites is 1. The molecule has 1 amide bonds. The van der Waals surface area contributed by atoms with Crippen molar-refractivity contribution in [3.63, 3.8) is 0 Å². The Labute approximate surface area is 104 Å². The molecule has 2 aromatic rings. The third kappa shape index (κ3) is 2.23. The van der Waals surface area contributed by atoms with Crippen molar-refractivity contribution in [1.29, 1.82) is 5.26 Å². The Morgan fingerprint density at radius 1 is 1.39 bits per heavy atom. The molecule has 1 N–H and O–H groups in total. The number of aromatic nitrogens is 1. The second-order valence-corrected chi connectivity index (χ2v) is 3.76. The number of anilines is 1. The monoisotopic (exact) mass is 241 g/mol. The van der Waals surface area contributed by atoms with E-state index >= 15 is 0 Å². The zero-order valence-corrected chi connectivity index (χ0v) is 10.0. The number of amides is 1. The van der Waals surface area contributed by atoms with Crippen molar-refractivity contribution in [2.75, 3.05) is 5.32 Å². The van der Waals surface area contributed by atoms with Gasteiger partial charge in [-0.15, -0.1) is 0 Å². The van der Waals surface area contributed by atoms with Gasteiger partial charge in [-0.3, -0.25) is 4.79 Å². The first-order chi connectivity index (χ1) is 8.61. The standard InChI is InChI=1S/C13H11N3O2/c1-8-12(18-9(2)15-8)13(17)16-11-6-4-3-5-10(11)7-14/h3-6H,1-2H3,(H,16,17). The number of aryl methyl sites for hydroxylation is 2. The number of nitrogens with zero attached hydrogens (tertiary/aromatic N) is 2. The van der Waals surface area contributed by atoms with Crippen LogP contribution in [0.25, 0.3) is 0 Å². The highest BCUT2D eigenvalue weighted by Gasteiger charge is 2.16. The lowest BCUT2D eigenvalue weighted by Crippen LogP contribution is -2.13. The Hall–Kier alpha value is -2.61. The summed E-state index contributed by atoms with van der Waals surface area (Å²) in [5.41, 5.74) is 1.39. The Bertz CT molecular complexity index is 638. The van der Waals surface area contributed by atoms with Gasteiger partial charge in [0.25, 0.3) is 5.91 Å². The molecule has 0 atom stereocenters. The Balaban J connectivity index is 2.27. The average Bonchev–Trinajstić information content (AvgIpc) is 2.69. The van der Waals surface area contributed by atoms with Gasteiger partial charge >= 0.3 is 0 Å². The van der Waals surface area contributed by atoms with Crippen molar-refractivity contribution >= 4 is 11.6 Å². The lowest BCUT2D eigenvalue weighted by atomic mass is 10.2. The predicted molar refractivity (Wildman–Crippen MR) is 65.1 cm³/mol. The Morgan fingerprint density at radius 3 is 2.72 bits per heavy atom. The molecule has 0 bridgehead atoms. The number of carbonyl (C=O) groups excluding carboxylic acids is 1. The first-order valence-corrected chi connectivity index (χ1v) is 5.36. The molecule has 1 aromatic heterocycles. The van der Waals surface area contributed by atoms with Gasteiger partial charge in [-0.1, -0.05) is 12.1 Å². The lowest BCUT2D eigenvalue weighted by molar-refractivity contribution is 0.0994. The smallest absolute Gasteiger partial charge is 0.293 e. The van der Waals surface area contributed by atoms with Crippen LogP contribution in [0.2, 0.25) is 0 Å². The van der Waals surface area contributed by atoms with Crippen molar-refractivity contribution in [1.82, 2.24) is 4.98 Å². The molecule has 5 heteroatoms. The maximum absolute atomic E-state index is 12.0. The van der Waals surface area contributed by atoms with Crippen LogP contribution in [0.3, 0.4) is 0 Å². The number of hydrogen-bond donors (Lipinski definition) is 1. The third-order valence-corrected chi connectivity index (χ3v) is 2.41. The van der Waals surface area contributed by atoms with Crippen LogP contribution < -0.4 is 5.32 Å². The topological polar surface area (TPSA) is 78.9 Å². The van der Waals surface area contributed by atoms with Gasteiger partial charge in [-0.2, -0.15) is 5.26 Å². The molecule has 0 saturated carbocycles. The summed E-state index contributed by atoms with van der Waals surface area (Å²) in [5, 5.41) is 11.6. The quantitative estimate of drug-likeness (QED) is 0.875. The van der Waals surface area contributed by atoms with Crippen LogP contribution >= 0.6 is 0 Å². The average molecular weight is 241 g/mol. The van der Waals surface area contributed by atoms with E-state index in [2.05, 4.69) is 10.3 Å². The zero-order valence-electron chi connectivity index (χ0n) is 10.0. The van der Waals surface area contributed by atoms with Crippen LogP contribution in [0.1, 0.15) is 27.7 Å². The van der Waals surface area contributed by atoms with E-state index in [4.69, 9.17) is 9.68 Å². The molecule has 1 heterocycles. The molecule has 90 valence electrons. The number of nitrogens with one attached hydrogen (secondary N) is 1. The van der Waals surface area contributed by atoms with Gasteiger partial charge in [0.1, 0.15) is 6.07 Å². The summed E-state index contributed by atoms with van der Waals surface area (Å²) in [6, 6.07) is 8.79. The molecule has 0 fully saturated rings. The number of rotatable bonds is 2. The summed E-state index contributed by atoms with van der Waals surface area (Å²) in [4.78, 5) is 16.0. The summed E-state index contributed by atoms with van der Waals surface area (Å²) in [6.45, 7) is 3.37. The highest BCUT2D eigenvalue weighted by molar-refractivity contribution is 6.03. The molecule has 0 aliphatic heterocycles. The largest absolute Gasteiger partial charge is 0.436 e. The van der Waals surface area contributed by atoms with E-state index in [-0.39, 0.29) is 5.76 Å². The second kappa shape index (κ2) is 4.72. The van der Waals surface area contributed by atoms with Crippen LogP contribution in [0.15, 0.2) is 28.7 Å². The fraction of sp³-hybridized carbons (Fsp3) is 0.154. The van der Waals surface area contributed by atoms with Crippen molar-refractivity contribution in [2.24, 2.45) is 0 Å². The number of hydrogen-bond acceptors (Lipinski definition) is 4. The minimum Gasteiger partial charge on any atom is -0.436 e. The highest BCUT2D eigenvalue weighted by atomic mass is 16.4. The molecule has 0 spiro atoms. The maximum Gasteiger partial charge on any atom is 0.293 e. The normalized spacial score (nSPS) is 9.83. The van der Waals surface area contributed by atoms with Crippen LogP contribution in [-0.2, 0) is 0 Å². The van der Waals surface area contributed by atoms with Crippen LogP contribution in [0, 0.1) is 25.2 Å². The first kappa shape index (κ1) is 11.9. The molecule has 5 nitrogen and oxygen atoms in total. The molecular weight excluding hydrogens is 230 g/mol. The number of carbonyl (C=O) groups is 1. The van der Waals surface area contributed by atoms with Gasteiger partial charge in [0.2, 0.25) is 5.76 Å². The van der Waals surface area contributed by atoms with Gasteiger partial charge < -0.3 is 9.73 Å². The van der Waals surface area contributed by atoms with Crippen molar-refractivity contribution in [3.8, 4) is 6.07 Å². The van der Waals surface area contributed by atoms with Gasteiger partial charge in [-0.05, 0) is 19.1 Å². The fourth-order valence-electron chi connectivity index (χ4n) is 1.61. The molecule has 1 aromatic carbocycles. The summed E-state index contributed by atoms with van der Waals surface area (Å²) >= 11 is 0. The summed E-state index contributed by atoms with van der Waals surface area (Å²) < 4.78 is 5.22. The molecule has 0 unspecified atom stereocenters. The highest BCUT2D eigenvalue weighted by Crippen LogP contribution is 2.16. The molecule has 0 aliphatic carbocycles. The first-order valence-electron chi connectivity index (χ1n) is 5.36. The van der Waals surface area contributed by atoms with E-state index in [9.17, 15) is 4.79 Å². The van der Waals surface area contributed by atoms with Gasteiger partial charge in [0.15, 0.2) is 5.89 Å². The summed E-state index contributed by atoms with van der Waals surface area (Å²) in [7, 11) is 0. The number of benzene rings is 1. The number of nitriles is 1. The number of oxazole rings is 1. The van der Waals surface area contributed by atoms with Crippen LogP contribution in [0.4, 0.5) is 5.69 Å². The minimum absolute atomic E-state index is 0.167. The maximum atomic E-state index is 12.0. The van der Waals surface area contributed by atoms with Crippen LogP contribution in [0.5, 0.6) is 0 Å². The summed E-state index contributed by atoms with van der Waals surface area (Å²) in [6.07, 6.45) is 0. The molecule has 2 rings (SSSR count). The molecule has 0 radical (unpaired) electrons. The predicted octanol–water partition coefficient (Wildman–Crippen LogP) is 2.42. The third-order valence-electron chi connectivity index (χ3n) is 2.41. The van der Waals surface area contributed by atoms with Gasteiger partial charge in [-0.25, -0.2) is 4.98 Å². The van der Waals surface area contributed by atoms with Crippen molar-refractivity contribution < 1.29 is 9.21 Å². The van der Waals surface area contributed by atoms with Gasteiger partial charge in [0, 0.05) is 6.92 Å². The van der Waals surface area contributed by atoms with E-state index < -0.39 is 5.91 Å². The molecule has 0 aliphatic rings. The lowest BCUT2D eigenvalue weighted by Gasteiger charge is -2.04. The molecule has 0 saturated heterocycles. The van der Waals surface area contributed by atoms with E-state index in [0.717, 1.165) is 0 Å². The van der Waals surface area contributed by atoms with Gasteiger partial charge in [0.05, 0.1) is 16.9 Å². The minimum atomic E-state index is -0.407. The Morgan fingerprint density at radius 2 is 2.11 bits per heavy atom. The second-order valence-electron chi connectivity index (χ2n) is 3.76. The van der Waals surface area contributed by atoms with Crippen LogP contribution in [-0.4, -0.2) is 10.9 Å². The van der Waals surface area contributed by atoms with E-state index in [0.29, 0.717) is 22.8 Å². The van der Waals surface area contributed by atoms with Crippen molar-refractivity contribution in [2.45, 2.75) is 13.8 Å². The zero-order chi connectivity index (χ0) is 13.1. The van der Waals surface area contributed by atoms with Crippen molar-refractivity contribution in [3.05, 3.63) is 47.2 Å². The fourth-order valence-corrected chi connectivity index (χ4v) is 1.61. The molecule has 18 heavy (non-hydrogen) atoms. The SMILES string of the molecule is Cc1nc(C)c(C(=O)Nc2ccccc2C#N)o1.